The topological polar surface area (TPSA) is 96.5 Å². The molecule has 1 unspecified atom stereocenters. The van der Waals surface area contributed by atoms with Gasteiger partial charge < -0.3 is 10.1 Å². The number of nitrogens with one attached hydrogen (secondary N) is 3. The van der Waals surface area contributed by atoms with Crippen LogP contribution in [0.25, 0.3) is 0 Å². The molecule has 1 aliphatic rings. The summed E-state index contributed by atoms with van der Waals surface area (Å²) in [5.74, 6) is -2.19. The highest BCUT2D eigenvalue weighted by Crippen LogP contribution is 2.32. The maximum absolute atomic E-state index is 13.4. The first-order valence-corrected chi connectivity index (χ1v) is 10.4. The van der Waals surface area contributed by atoms with Crippen LogP contribution in [0.2, 0.25) is 5.02 Å². The van der Waals surface area contributed by atoms with E-state index in [4.69, 9.17) is 16.3 Å². The van der Waals surface area contributed by atoms with E-state index in [9.17, 15) is 18.8 Å². The number of fused-ring (bicyclic) bond motifs is 1. The summed E-state index contributed by atoms with van der Waals surface area (Å²) in [7, 11) is 0. The van der Waals surface area contributed by atoms with Crippen LogP contribution < -0.4 is 20.9 Å². The maximum Gasteiger partial charge on any atom is 0.269 e. The number of hydrogen-bond acceptors (Lipinski definition) is 4. The molecule has 168 valence electrons. The molecule has 9 heteroatoms. The zero-order valence-corrected chi connectivity index (χ0v) is 18.0. The van der Waals surface area contributed by atoms with Crippen LogP contribution in [0.1, 0.15) is 33.8 Å². The normalized spacial score (nSPS) is 14.6. The fraction of sp³-hybridized carbons (Fsp3) is 0.125. The molecule has 1 atom stereocenters. The average molecular weight is 468 g/mol. The number of amides is 3. The van der Waals surface area contributed by atoms with Gasteiger partial charge >= 0.3 is 0 Å². The Bertz CT molecular complexity index is 1200. The molecule has 0 radical (unpaired) electrons. The minimum Gasteiger partial charge on any atom is -0.489 e. The van der Waals surface area contributed by atoms with Crippen LogP contribution in [0.5, 0.6) is 5.75 Å². The molecule has 0 saturated carbocycles. The monoisotopic (exact) mass is 467 g/mol. The molecule has 0 spiro atoms. The molecule has 0 aliphatic carbocycles. The van der Waals surface area contributed by atoms with Gasteiger partial charge in [-0.25, -0.2) is 4.39 Å². The van der Waals surface area contributed by atoms with Crippen molar-refractivity contribution in [2.45, 2.75) is 18.9 Å². The Morgan fingerprint density at radius 1 is 1.03 bits per heavy atom. The summed E-state index contributed by atoms with van der Waals surface area (Å²) in [5, 5.41) is 3.16. The van der Waals surface area contributed by atoms with Crippen molar-refractivity contribution in [1.29, 1.82) is 0 Å². The predicted octanol–water partition coefficient (Wildman–Crippen LogP) is 3.95. The second-order valence-corrected chi connectivity index (χ2v) is 7.86. The van der Waals surface area contributed by atoms with Gasteiger partial charge in [0, 0.05) is 22.7 Å². The molecular formula is C24H19ClFN3O4. The van der Waals surface area contributed by atoms with Crippen LogP contribution in [0.3, 0.4) is 0 Å². The average Bonchev–Trinajstić information content (AvgIpc) is 2.81. The van der Waals surface area contributed by atoms with E-state index in [1.54, 1.807) is 48.5 Å². The van der Waals surface area contributed by atoms with Gasteiger partial charge in [0.05, 0.1) is 5.92 Å². The van der Waals surface area contributed by atoms with Crippen LogP contribution in [-0.2, 0) is 16.2 Å². The standard InChI is InChI=1S/C24H19ClFN3O4/c25-16-5-8-18(9-6-16)33-13-14-1-3-15(4-2-14)23(31)28-29-24(32)20-12-22(30)27-21-11-17(26)7-10-19(20)21/h1-11,20H,12-13H2,(H,27,30)(H,28,31)(H,29,32). The van der Waals surface area contributed by atoms with Crippen LogP contribution in [-0.4, -0.2) is 17.7 Å². The number of anilines is 1. The van der Waals surface area contributed by atoms with E-state index >= 15 is 0 Å². The fourth-order valence-electron chi connectivity index (χ4n) is 3.40. The van der Waals surface area contributed by atoms with Gasteiger partial charge in [-0.3, -0.25) is 25.2 Å². The second kappa shape index (κ2) is 9.70. The third-order valence-electron chi connectivity index (χ3n) is 5.11. The van der Waals surface area contributed by atoms with Gasteiger partial charge in [-0.05, 0) is 59.7 Å². The molecule has 0 aromatic heterocycles. The molecular weight excluding hydrogens is 449 g/mol. The van der Waals surface area contributed by atoms with Gasteiger partial charge in [-0.2, -0.15) is 0 Å². The van der Waals surface area contributed by atoms with Crippen molar-refractivity contribution in [1.82, 2.24) is 10.9 Å². The van der Waals surface area contributed by atoms with Crippen molar-refractivity contribution >= 4 is 35.0 Å². The second-order valence-electron chi connectivity index (χ2n) is 7.42. The van der Waals surface area contributed by atoms with E-state index in [1.807, 2.05) is 0 Å². The molecule has 33 heavy (non-hydrogen) atoms. The molecule has 0 saturated heterocycles. The van der Waals surface area contributed by atoms with Crippen LogP contribution >= 0.6 is 11.6 Å². The number of rotatable bonds is 5. The van der Waals surface area contributed by atoms with Crippen molar-refractivity contribution < 1.29 is 23.5 Å². The van der Waals surface area contributed by atoms with Crippen LogP contribution in [0.15, 0.2) is 66.7 Å². The molecule has 1 aliphatic heterocycles. The predicted molar refractivity (Wildman–Crippen MR) is 120 cm³/mol. The van der Waals surface area contributed by atoms with E-state index in [0.717, 1.165) is 11.6 Å². The number of carbonyl (C=O) groups excluding carboxylic acids is 3. The lowest BCUT2D eigenvalue weighted by molar-refractivity contribution is -0.126. The zero-order chi connectivity index (χ0) is 23.4. The Balaban J connectivity index is 1.33. The molecule has 3 N–H and O–H groups in total. The van der Waals surface area contributed by atoms with Crippen molar-refractivity contribution in [2.75, 3.05) is 5.32 Å². The number of benzene rings is 3. The zero-order valence-electron chi connectivity index (χ0n) is 17.2. The first-order chi connectivity index (χ1) is 15.9. The van der Waals surface area contributed by atoms with Gasteiger partial charge in [-0.1, -0.05) is 29.8 Å². The molecule has 3 aromatic carbocycles. The molecule has 1 heterocycles. The van der Waals surface area contributed by atoms with Gasteiger partial charge in [0.1, 0.15) is 18.2 Å². The highest BCUT2D eigenvalue weighted by atomic mass is 35.5. The number of carbonyl (C=O) groups is 3. The van der Waals surface area contributed by atoms with Gasteiger partial charge in [-0.15, -0.1) is 0 Å². The lowest BCUT2D eigenvalue weighted by Crippen LogP contribution is -2.45. The summed E-state index contributed by atoms with van der Waals surface area (Å²) in [6.07, 6.45) is -0.108. The van der Waals surface area contributed by atoms with Crippen molar-refractivity contribution in [3.8, 4) is 5.75 Å². The number of hydrogen-bond donors (Lipinski definition) is 3. The summed E-state index contributed by atoms with van der Waals surface area (Å²) in [5.41, 5.74) is 6.59. The molecule has 3 aromatic rings. The summed E-state index contributed by atoms with van der Waals surface area (Å²) in [6.45, 7) is 0.310. The Kier molecular flexibility index (Phi) is 6.55. The first-order valence-electron chi connectivity index (χ1n) is 10.1. The minimum absolute atomic E-state index is 0.108. The molecule has 7 nitrogen and oxygen atoms in total. The molecule has 0 bridgehead atoms. The quantitative estimate of drug-likeness (QED) is 0.495. The summed E-state index contributed by atoms with van der Waals surface area (Å²) in [4.78, 5) is 36.9. The van der Waals surface area contributed by atoms with E-state index in [-0.39, 0.29) is 12.1 Å². The Morgan fingerprint density at radius 2 is 1.76 bits per heavy atom. The first kappa shape index (κ1) is 22.3. The third-order valence-corrected chi connectivity index (χ3v) is 5.36. The number of ether oxygens (including phenoxy) is 1. The molecule has 0 fully saturated rings. The fourth-order valence-corrected chi connectivity index (χ4v) is 3.52. The number of halogens is 2. The highest BCUT2D eigenvalue weighted by molar-refractivity contribution is 6.30. The molecule has 3 amide bonds. The van der Waals surface area contributed by atoms with E-state index in [0.29, 0.717) is 28.5 Å². The van der Waals surface area contributed by atoms with Crippen LogP contribution in [0, 0.1) is 5.82 Å². The smallest absolute Gasteiger partial charge is 0.269 e. The van der Waals surface area contributed by atoms with Gasteiger partial charge in [0.25, 0.3) is 5.91 Å². The Hall–Kier alpha value is -3.91. The summed E-state index contributed by atoms with van der Waals surface area (Å²) in [6, 6.07) is 17.5. The summed E-state index contributed by atoms with van der Waals surface area (Å²) < 4.78 is 19.1. The van der Waals surface area contributed by atoms with Crippen molar-refractivity contribution in [3.63, 3.8) is 0 Å². The van der Waals surface area contributed by atoms with Gasteiger partial charge in [0.2, 0.25) is 11.8 Å². The largest absolute Gasteiger partial charge is 0.489 e. The lowest BCUT2D eigenvalue weighted by atomic mass is 9.90. The van der Waals surface area contributed by atoms with Gasteiger partial charge in [0.15, 0.2) is 0 Å². The van der Waals surface area contributed by atoms with Crippen molar-refractivity contribution in [3.05, 3.63) is 94.3 Å². The SMILES string of the molecule is O=C1CC(C(=O)NNC(=O)c2ccc(COc3ccc(Cl)cc3)cc2)c2ccc(F)cc2N1. The molecule has 4 rings (SSSR count). The van der Waals surface area contributed by atoms with Crippen molar-refractivity contribution in [2.24, 2.45) is 0 Å². The third kappa shape index (κ3) is 5.48. The van der Waals surface area contributed by atoms with E-state index in [2.05, 4.69) is 16.2 Å². The van der Waals surface area contributed by atoms with E-state index in [1.165, 1.54) is 12.1 Å². The van der Waals surface area contributed by atoms with E-state index < -0.39 is 29.5 Å². The maximum atomic E-state index is 13.4. The highest BCUT2D eigenvalue weighted by Gasteiger charge is 2.31. The Morgan fingerprint density at radius 3 is 2.48 bits per heavy atom. The summed E-state index contributed by atoms with van der Waals surface area (Å²) >= 11 is 5.85. The minimum atomic E-state index is -0.845. The number of hydrazine groups is 1. The Labute approximate surface area is 193 Å². The lowest BCUT2D eigenvalue weighted by Gasteiger charge is -2.24. The van der Waals surface area contributed by atoms with Crippen LogP contribution in [0.4, 0.5) is 10.1 Å².